The van der Waals surface area contributed by atoms with Gasteiger partial charge in [0.1, 0.15) is 0 Å². The number of aromatic nitrogens is 3. The van der Waals surface area contributed by atoms with Crippen LogP contribution in [0.25, 0.3) is 39.3 Å². The van der Waals surface area contributed by atoms with E-state index < -0.39 is 0 Å². The Morgan fingerprint density at radius 2 is 1.30 bits per heavy atom. The number of hydrogen-bond donors (Lipinski definition) is 0. The van der Waals surface area contributed by atoms with Crippen molar-refractivity contribution in [1.29, 1.82) is 0 Å². The highest BCUT2D eigenvalue weighted by Gasteiger charge is 2.20. The van der Waals surface area contributed by atoms with Crippen LogP contribution in [0.15, 0.2) is 97.1 Å². The third-order valence-corrected chi connectivity index (χ3v) is 5.14. The predicted octanol–water partition coefficient (Wildman–Crippen LogP) is 5.88. The van der Waals surface area contributed by atoms with E-state index in [0.29, 0.717) is 6.61 Å². The van der Waals surface area contributed by atoms with Gasteiger partial charge in [0.15, 0.2) is 5.65 Å². The predicted molar refractivity (Wildman–Crippen MR) is 120 cm³/mol. The minimum atomic E-state index is 0.419. The molecule has 0 bridgehead atoms. The van der Waals surface area contributed by atoms with Crippen molar-refractivity contribution in [2.45, 2.75) is 6.61 Å². The summed E-state index contributed by atoms with van der Waals surface area (Å²) in [5, 5.41) is 4.92. The maximum absolute atomic E-state index is 5.48. The van der Waals surface area contributed by atoms with Gasteiger partial charge in [-0.25, -0.2) is 9.50 Å². The standard InChI is InChI=1S/C26H21N3O/c1-30-18-23-25(21-15-9-4-10-16-21)26-27-22(19-11-5-2-6-12-19)17-24(29(26)28-23)20-13-7-3-8-14-20/h2-17H,18H2,1H3. The van der Waals surface area contributed by atoms with Crippen molar-refractivity contribution in [2.24, 2.45) is 0 Å². The molecule has 0 aliphatic heterocycles. The average Bonchev–Trinajstić information content (AvgIpc) is 3.18. The molecule has 146 valence electrons. The summed E-state index contributed by atoms with van der Waals surface area (Å²) in [6.45, 7) is 0.419. The molecule has 0 aliphatic carbocycles. The highest BCUT2D eigenvalue weighted by atomic mass is 16.5. The minimum Gasteiger partial charge on any atom is -0.378 e. The van der Waals surface area contributed by atoms with Gasteiger partial charge >= 0.3 is 0 Å². The second kappa shape index (κ2) is 7.93. The summed E-state index contributed by atoms with van der Waals surface area (Å²) in [5.74, 6) is 0. The van der Waals surface area contributed by atoms with Gasteiger partial charge in [-0.1, -0.05) is 91.0 Å². The van der Waals surface area contributed by atoms with Crippen molar-refractivity contribution >= 4 is 5.65 Å². The van der Waals surface area contributed by atoms with Gasteiger partial charge in [-0.05, 0) is 11.6 Å². The number of hydrogen-bond acceptors (Lipinski definition) is 3. The minimum absolute atomic E-state index is 0.419. The molecule has 2 heterocycles. The SMILES string of the molecule is COCc1nn2c(-c3ccccc3)cc(-c3ccccc3)nc2c1-c1ccccc1. The Hall–Kier alpha value is -3.76. The zero-order valence-corrected chi connectivity index (χ0v) is 16.7. The molecule has 0 saturated heterocycles. The number of fused-ring (bicyclic) bond motifs is 1. The average molecular weight is 391 g/mol. The van der Waals surface area contributed by atoms with Crippen LogP contribution in [-0.4, -0.2) is 21.7 Å². The number of rotatable bonds is 5. The van der Waals surface area contributed by atoms with Crippen molar-refractivity contribution in [3.63, 3.8) is 0 Å². The van der Waals surface area contributed by atoms with Crippen molar-refractivity contribution in [2.75, 3.05) is 7.11 Å². The van der Waals surface area contributed by atoms with Crippen LogP contribution in [0, 0.1) is 0 Å². The number of benzene rings is 3. The first-order valence-electron chi connectivity index (χ1n) is 9.93. The molecule has 0 radical (unpaired) electrons. The molecule has 5 rings (SSSR count). The Labute approximate surface area is 175 Å². The highest BCUT2D eigenvalue weighted by Crippen LogP contribution is 2.33. The van der Waals surface area contributed by atoms with Crippen LogP contribution < -0.4 is 0 Å². The maximum atomic E-state index is 5.48. The van der Waals surface area contributed by atoms with Gasteiger partial charge in [0.05, 0.1) is 29.3 Å². The van der Waals surface area contributed by atoms with E-state index in [9.17, 15) is 0 Å². The quantitative estimate of drug-likeness (QED) is 0.376. The summed E-state index contributed by atoms with van der Waals surface area (Å²) >= 11 is 0. The molecule has 0 fully saturated rings. The van der Waals surface area contributed by atoms with Crippen LogP contribution >= 0.6 is 0 Å². The lowest BCUT2D eigenvalue weighted by Crippen LogP contribution is -1.99. The Balaban J connectivity index is 1.86. The zero-order chi connectivity index (χ0) is 20.3. The van der Waals surface area contributed by atoms with Crippen LogP contribution in [0.4, 0.5) is 0 Å². The molecule has 0 atom stereocenters. The van der Waals surface area contributed by atoms with Crippen molar-refractivity contribution in [1.82, 2.24) is 14.6 Å². The van der Waals surface area contributed by atoms with Crippen LogP contribution in [0.3, 0.4) is 0 Å². The second-order valence-electron chi connectivity index (χ2n) is 7.11. The van der Waals surface area contributed by atoms with Gasteiger partial charge in [0, 0.05) is 18.2 Å². The van der Waals surface area contributed by atoms with Crippen molar-refractivity contribution < 1.29 is 4.74 Å². The molecule has 0 spiro atoms. The second-order valence-corrected chi connectivity index (χ2v) is 7.11. The lowest BCUT2D eigenvalue weighted by molar-refractivity contribution is 0.181. The molecule has 4 nitrogen and oxygen atoms in total. The van der Waals surface area contributed by atoms with Crippen LogP contribution in [-0.2, 0) is 11.3 Å². The molecule has 30 heavy (non-hydrogen) atoms. The van der Waals surface area contributed by atoms with Gasteiger partial charge in [-0.2, -0.15) is 5.10 Å². The van der Waals surface area contributed by atoms with E-state index in [0.717, 1.165) is 45.0 Å². The Morgan fingerprint density at radius 3 is 1.90 bits per heavy atom. The van der Waals surface area contributed by atoms with Gasteiger partial charge in [0.25, 0.3) is 0 Å². The topological polar surface area (TPSA) is 39.4 Å². The Bertz CT molecular complexity index is 1280. The van der Waals surface area contributed by atoms with Gasteiger partial charge in [0.2, 0.25) is 0 Å². The number of ether oxygens (including phenoxy) is 1. The van der Waals surface area contributed by atoms with E-state index in [1.165, 1.54) is 0 Å². The Kier molecular flexibility index (Phi) is 4.83. The van der Waals surface area contributed by atoms with Crippen LogP contribution in [0.2, 0.25) is 0 Å². The van der Waals surface area contributed by atoms with E-state index >= 15 is 0 Å². The Morgan fingerprint density at radius 1 is 0.733 bits per heavy atom. The van der Waals surface area contributed by atoms with Gasteiger partial charge < -0.3 is 4.74 Å². The third kappa shape index (κ3) is 3.27. The molecule has 0 N–H and O–H groups in total. The molecular formula is C26H21N3O. The van der Waals surface area contributed by atoms with Gasteiger partial charge in [-0.15, -0.1) is 0 Å². The first-order valence-corrected chi connectivity index (χ1v) is 9.93. The molecule has 3 aromatic carbocycles. The van der Waals surface area contributed by atoms with E-state index in [1.54, 1.807) is 7.11 Å². The maximum Gasteiger partial charge on any atom is 0.164 e. The van der Waals surface area contributed by atoms with E-state index in [-0.39, 0.29) is 0 Å². The lowest BCUT2D eigenvalue weighted by Gasteiger charge is -2.09. The molecule has 0 aliphatic rings. The summed E-state index contributed by atoms with van der Waals surface area (Å²) in [7, 11) is 1.69. The lowest BCUT2D eigenvalue weighted by atomic mass is 10.0. The summed E-state index contributed by atoms with van der Waals surface area (Å²) in [6, 6.07) is 33.0. The molecular weight excluding hydrogens is 370 g/mol. The summed E-state index contributed by atoms with van der Waals surface area (Å²) in [4.78, 5) is 5.06. The molecule has 0 saturated carbocycles. The fourth-order valence-corrected chi connectivity index (χ4v) is 3.77. The monoisotopic (exact) mass is 391 g/mol. The number of nitrogens with zero attached hydrogens (tertiary/aromatic N) is 3. The number of methoxy groups -OCH3 is 1. The fourth-order valence-electron chi connectivity index (χ4n) is 3.77. The molecule has 0 unspecified atom stereocenters. The van der Waals surface area contributed by atoms with E-state index in [2.05, 4.69) is 42.5 Å². The third-order valence-electron chi connectivity index (χ3n) is 5.14. The first-order chi connectivity index (χ1) is 14.8. The van der Waals surface area contributed by atoms with E-state index in [1.807, 2.05) is 59.1 Å². The molecule has 0 amide bonds. The zero-order valence-electron chi connectivity index (χ0n) is 16.7. The summed E-state index contributed by atoms with van der Waals surface area (Å²) in [6.07, 6.45) is 0. The summed E-state index contributed by atoms with van der Waals surface area (Å²) < 4.78 is 7.42. The smallest absolute Gasteiger partial charge is 0.164 e. The van der Waals surface area contributed by atoms with Gasteiger partial charge in [-0.3, -0.25) is 0 Å². The fraction of sp³-hybridized carbons (Fsp3) is 0.0769. The molecule has 4 heteroatoms. The molecule has 2 aromatic heterocycles. The highest BCUT2D eigenvalue weighted by molar-refractivity contribution is 5.84. The largest absolute Gasteiger partial charge is 0.378 e. The first kappa shape index (κ1) is 18.3. The molecule has 5 aromatic rings. The van der Waals surface area contributed by atoms with Crippen molar-refractivity contribution in [3.05, 3.63) is 103 Å². The van der Waals surface area contributed by atoms with Crippen LogP contribution in [0.5, 0.6) is 0 Å². The summed E-state index contributed by atoms with van der Waals surface area (Å²) in [5.41, 5.74) is 7.87. The normalized spacial score (nSPS) is 11.1. The van der Waals surface area contributed by atoms with Crippen molar-refractivity contribution in [3.8, 4) is 33.6 Å². The van der Waals surface area contributed by atoms with Crippen LogP contribution in [0.1, 0.15) is 5.69 Å². The van der Waals surface area contributed by atoms with E-state index in [4.69, 9.17) is 14.8 Å².